The van der Waals surface area contributed by atoms with Crippen molar-refractivity contribution < 1.29 is 18.7 Å². The number of ether oxygens (including phenoxy) is 2. The van der Waals surface area contributed by atoms with Crippen LogP contribution in [0.2, 0.25) is 5.04 Å². The van der Waals surface area contributed by atoms with Gasteiger partial charge in [-0.1, -0.05) is 112 Å². The molecule has 3 aromatic carbocycles. The van der Waals surface area contributed by atoms with Crippen LogP contribution in [0, 0.1) is 0 Å². The Hall–Kier alpha value is -2.73. The predicted octanol–water partition coefficient (Wildman–Crippen LogP) is 5.63. The summed E-state index contributed by atoms with van der Waals surface area (Å²) in [6, 6.07) is 31.5. The second-order valence-corrected chi connectivity index (χ2v) is 14.8. The van der Waals surface area contributed by atoms with E-state index in [1.165, 1.54) is 15.9 Å². The van der Waals surface area contributed by atoms with Crippen LogP contribution in [0.5, 0.6) is 0 Å². The van der Waals surface area contributed by atoms with Gasteiger partial charge in [-0.3, -0.25) is 4.79 Å². The highest BCUT2D eigenvalue weighted by Gasteiger charge is 2.52. The van der Waals surface area contributed by atoms with Gasteiger partial charge in [-0.05, 0) is 40.2 Å². The molecule has 4 nitrogen and oxygen atoms in total. The molecule has 190 valence electrons. The summed E-state index contributed by atoms with van der Waals surface area (Å²) in [6.07, 6.45) is 2.35. The first-order valence-electron chi connectivity index (χ1n) is 13.0. The minimum atomic E-state index is -2.76. The van der Waals surface area contributed by atoms with Crippen molar-refractivity contribution in [3.8, 4) is 0 Å². The zero-order chi connectivity index (χ0) is 25.4. The Morgan fingerprint density at radius 3 is 1.94 bits per heavy atom. The zero-order valence-electron chi connectivity index (χ0n) is 21.7. The number of hydrogen-bond donors (Lipinski definition) is 0. The van der Waals surface area contributed by atoms with Crippen LogP contribution < -0.4 is 10.4 Å². The Morgan fingerprint density at radius 2 is 1.44 bits per heavy atom. The van der Waals surface area contributed by atoms with Gasteiger partial charge < -0.3 is 13.9 Å². The fourth-order valence-corrected chi connectivity index (χ4v) is 9.94. The molecule has 0 amide bonds. The maximum absolute atomic E-state index is 12.1. The molecule has 1 aliphatic heterocycles. The molecule has 36 heavy (non-hydrogen) atoms. The van der Waals surface area contributed by atoms with Crippen LogP contribution in [0.15, 0.2) is 91.0 Å². The van der Waals surface area contributed by atoms with Crippen LogP contribution >= 0.6 is 0 Å². The molecule has 3 aromatic rings. The number of hydrogen-bond acceptors (Lipinski definition) is 4. The standard InChI is InChI=1S/C31H38O4Si/c1-31(2,3)36(26-16-9-5-10-17-26,27-18-11-6-12-19-27)35-29(28-21-22-30(32)34-28)20-13-23-33-24-25-14-7-4-8-15-25/h4-12,14-19,28-29H,13,20-24H2,1-3H3/t28-,29+/m0/s1. The Bertz CT molecular complexity index is 1040. The third-order valence-electron chi connectivity index (χ3n) is 6.96. The number of cyclic esters (lactones) is 1. The first kappa shape index (κ1) is 26.3. The predicted molar refractivity (Wildman–Crippen MR) is 147 cm³/mol. The lowest BCUT2D eigenvalue weighted by Gasteiger charge is -2.46. The molecule has 0 radical (unpaired) electrons. The molecule has 5 heteroatoms. The van der Waals surface area contributed by atoms with Gasteiger partial charge in [-0.15, -0.1) is 0 Å². The van der Waals surface area contributed by atoms with E-state index >= 15 is 0 Å². The van der Waals surface area contributed by atoms with Gasteiger partial charge in [0.15, 0.2) is 0 Å². The van der Waals surface area contributed by atoms with E-state index in [2.05, 4.69) is 93.6 Å². The van der Waals surface area contributed by atoms with Crippen molar-refractivity contribution in [2.45, 2.75) is 70.3 Å². The topological polar surface area (TPSA) is 44.8 Å². The van der Waals surface area contributed by atoms with Gasteiger partial charge in [-0.25, -0.2) is 0 Å². The van der Waals surface area contributed by atoms with Crippen molar-refractivity contribution in [3.63, 3.8) is 0 Å². The van der Waals surface area contributed by atoms with Crippen molar-refractivity contribution in [3.05, 3.63) is 96.6 Å². The molecule has 0 bridgehead atoms. The first-order chi connectivity index (χ1) is 17.4. The molecule has 1 aliphatic rings. The van der Waals surface area contributed by atoms with E-state index in [1.54, 1.807) is 0 Å². The summed E-state index contributed by atoms with van der Waals surface area (Å²) in [5.41, 5.74) is 1.17. The molecule has 1 fully saturated rings. The third-order valence-corrected chi connectivity index (χ3v) is 12.0. The molecule has 0 aromatic heterocycles. The second-order valence-electron chi connectivity index (χ2n) is 10.6. The lowest BCUT2D eigenvalue weighted by Crippen LogP contribution is -2.68. The van der Waals surface area contributed by atoms with Crippen molar-refractivity contribution >= 4 is 24.7 Å². The van der Waals surface area contributed by atoms with Gasteiger partial charge in [0.05, 0.1) is 12.7 Å². The van der Waals surface area contributed by atoms with Crippen LogP contribution in [0.1, 0.15) is 52.0 Å². The molecule has 4 rings (SSSR count). The van der Waals surface area contributed by atoms with Gasteiger partial charge in [0, 0.05) is 13.0 Å². The van der Waals surface area contributed by atoms with Crippen LogP contribution in [-0.2, 0) is 25.3 Å². The number of carbonyl (C=O) groups excluding carboxylic acids is 1. The molecular formula is C31H38O4Si. The summed E-state index contributed by atoms with van der Waals surface area (Å²) in [5, 5.41) is 2.33. The Balaban J connectivity index is 1.59. The summed E-state index contributed by atoms with van der Waals surface area (Å²) in [6.45, 7) is 8.06. The highest BCUT2D eigenvalue weighted by Crippen LogP contribution is 2.39. The van der Waals surface area contributed by atoms with Gasteiger partial charge in [0.2, 0.25) is 0 Å². The Morgan fingerprint density at radius 1 is 0.889 bits per heavy atom. The molecule has 1 heterocycles. The lowest BCUT2D eigenvalue weighted by atomic mass is 10.1. The number of rotatable bonds is 11. The van der Waals surface area contributed by atoms with E-state index in [4.69, 9.17) is 13.9 Å². The van der Waals surface area contributed by atoms with E-state index in [0.717, 1.165) is 12.8 Å². The maximum Gasteiger partial charge on any atom is 0.306 e. The van der Waals surface area contributed by atoms with E-state index in [0.29, 0.717) is 26.1 Å². The molecule has 2 atom stereocenters. The highest BCUT2D eigenvalue weighted by molar-refractivity contribution is 6.99. The second kappa shape index (κ2) is 12.0. The summed E-state index contributed by atoms with van der Waals surface area (Å²) in [4.78, 5) is 12.1. The molecule has 0 unspecified atom stereocenters. The fraction of sp³-hybridized carbons (Fsp3) is 0.387. The minimum Gasteiger partial charge on any atom is -0.460 e. The third kappa shape index (κ3) is 6.15. The largest absolute Gasteiger partial charge is 0.460 e. The monoisotopic (exact) mass is 502 g/mol. The van der Waals surface area contributed by atoms with Gasteiger partial charge in [0.1, 0.15) is 6.10 Å². The van der Waals surface area contributed by atoms with Crippen molar-refractivity contribution in [2.24, 2.45) is 0 Å². The van der Waals surface area contributed by atoms with Crippen molar-refractivity contribution in [1.29, 1.82) is 0 Å². The van der Waals surface area contributed by atoms with Gasteiger partial charge >= 0.3 is 5.97 Å². The SMILES string of the molecule is CC(C)(C)[Si](O[C@H](CCCOCc1ccccc1)[C@@H]1CCC(=O)O1)(c1ccccc1)c1ccccc1. The van der Waals surface area contributed by atoms with Crippen LogP contribution in [0.25, 0.3) is 0 Å². The molecule has 1 saturated heterocycles. The van der Waals surface area contributed by atoms with E-state index in [9.17, 15) is 4.79 Å². The normalized spacial score (nSPS) is 17.1. The average molecular weight is 503 g/mol. The van der Waals surface area contributed by atoms with Crippen molar-refractivity contribution in [1.82, 2.24) is 0 Å². The number of esters is 1. The quantitative estimate of drug-likeness (QED) is 0.194. The van der Waals surface area contributed by atoms with Crippen LogP contribution in [-0.4, -0.2) is 33.1 Å². The zero-order valence-corrected chi connectivity index (χ0v) is 22.7. The van der Waals surface area contributed by atoms with Gasteiger partial charge in [0.25, 0.3) is 8.32 Å². The van der Waals surface area contributed by atoms with Crippen LogP contribution in [0.4, 0.5) is 0 Å². The molecule has 0 spiro atoms. The summed E-state index contributed by atoms with van der Waals surface area (Å²) >= 11 is 0. The lowest BCUT2D eigenvalue weighted by molar-refractivity contribution is -0.145. The summed E-state index contributed by atoms with van der Waals surface area (Å²) in [7, 11) is -2.76. The molecule has 0 saturated carbocycles. The number of carbonyl (C=O) groups is 1. The van der Waals surface area contributed by atoms with E-state index < -0.39 is 8.32 Å². The maximum atomic E-state index is 12.1. The molecule has 0 N–H and O–H groups in total. The van der Waals surface area contributed by atoms with E-state index in [-0.39, 0.29) is 23.2 Å². The molecular weight excluding hydrogens is 464 g/mol. The number of benzene rings is 3. The van der Waals surface area contributed by atoms with Gasteiger partial charge in [-0.2, -0.15) is 0 Å². The molecule has 0 aliphatic carbocycles. The Labute approximate surface area is 216 Å². The van der Waals surface area contributed by atoms with E-state index in [1.807, 2.05) is 18.2 Å². The fourth-order valence-electron chi connectivity index (χ4n) is 5.20. The summed E-state index contributed by atoms with van der Waals surface area (Å²) in [5.74, 6) is -0.128. The Kier molecular flexibility index (Phi) is 8.78. The minimum absolute atomic E-state index is 0.128. The summed E-state index contributed by atoms with van der Waals surface area (Å²) < 4.78 is 19.1. The van der Waals surface area contributed by atoms with Crippen molar-refractivity contribution in [2.75, 3.05) is 6.61 Å². The first-order valence-corrected chi connectivity index (χ1v) is 14.9. The average Bonchev–Trinajstić information content (AvgIpc) is 3.33. The van der Waals surface area contributed by atoms with Crippen LogP contribution in [0.3, 0.4) is 0 Å². The smallest absolute Gasteiger partial charge is 0.306 e. The highest BCUT2D eigenvalue weighted by atomic mass is 28.4.